The normalized spacial score (nSPS) is 22.6. The molecule has 1 heterocycles. The lowest BCUT2D eigenvalue weighted by molar-refractivity contribution is -0.114. The number of hydrogen-bond acceptors (Lipinski definition) is 5. The Morgan fingerprint density at radius 2 is 1.96 bits per heavy atom. The topological polar surface area (TPSA) is 83.8 Å². The molecular formula is C18H20O5. The molecule has 1 aliphatic rings. The fraction of sp³-hybridized carbons (Fsp3) is 0.333. The summed E-state index contributed by atoms with van der Waals surface area (Å²) >= 11 is 0. The maximum absolute atomic E-state index is 12.3. The van der Waals surface area contributed by atoms with Gasteiger partial charge in [-0.2, -0.15) is 0 Å². The Labute approximate surface area is 134 Å². The Balaban J connectivity index is 2.40. The minimum atomic E-state index is -0.686. The van der Waals surface area contributed by atoms with E-state index < -0.39 is 5.97 Å². The molecule has 0 fully saturated rings. The number of ether oxygens (including phenoxy) is 1. The second-order valence-electron chi connectivity index (χ2n) is 5.58. The third kappa shape index (κ3) is 4.71. The van der Waals surface area contributed by atoms with Crippen molar-refractivity contribution in [2.24, 2.45) is 0 Å². The van der Waals surface area contributed by atoms with E-state index in [2.05, 4.69) is 0 Å². The Morgan fingerprint density at radius 1 is 1.17 bits per heavy atom. The van der Waals surface area contributed by atoms with Crippen LogP contribution in [-0.4, -0.2) is 28.1 Å². The van der Waals surface area contributed by atoms with Crippen LogP contribution in [0.3, 0.4) is 0 Å². The molecule has 0 aliphatic carbocycles. The van der Waals surface area contributed by atoms with E-state index in [4.69, 9.17) is 4.74 Å². The highest BCUT2D eigenvalue weighted by Crippen LogP contribution is 2.29. The number of phenolic OH excluding ortho intramolecular Hbond substituents is 2. The van der Waals surface area contributed by atoms with Crippen LogP contribution in [0.15, 0.2) is 36.4 Å². The Morgan fingerprint density at radius 3 is 2.74 bits per heavy atom. The number of benzene rings is 1. The van der Waals surface area contributed by atoms with Gasteiger partial charge in [0.15, 0.2) is 5.78 Å². The number of cyclic esters (lactones) is 1. The van der Waals surface area contributed by atoms with Crippen molar-refractivity contribution < 1.29 is 24.5 Å². The van der Waals surface area contributed by atoms with Crippen LogP contribution < -0.4 is 0 Å². The van der Waals surface area contributed by atoms with Gasteiger partial charge in [0.1, 0.15) is 17.1 Å². The third-order valence-corrected chi connectivity index (χ3v) is 3.57. The highest BCUT2D eigenvalue weighted by atomic mass is 16.5. The molecule has 0 radical (unpaired) electrons. The first kappa shape index (κ1) is 16.8. The van der Waals surface area contributed by atoms with Crippen molar-refractivity contribution in [3.05, 3.63) is 47.6 Å². The standard InChI is InChI=1S/C18H20O5/c1-12-7-5-3-2-4-6-8-14(19)9-13-10-15(20)11-16(21)17(13)18(22)23-12/h2,4,6,8,10-12,20-21H,3,5,7,9H2,1H3/b4-2-,8-6+. The molecular weight excluding hydrogens is 296 g/mol. The number of carbonyl (C=O) groups is 2. The molecule has 0 saturated carbocycles. The van der Waals surface area contributed by atoms with Crippen molar-refractivity contribution in [3.8, 4) is 11.5 Å². The van der Waals surface area contributed by atoms with Gasteiger partial charge in [-0.1, -0.05) is 18.2 Å². The van der Waals surface area contributed by atoms with E-state index in [-0.39, 0.29) is 40.9 Å². The first-order valence-electron chi connectivity index (χ1n) is 7.59. The summed E-state index contributed by atoms with van der Waals surface area (Å²) in [5, 5.41) is 19.6. The highest BCUT2D eigenvalue weighted by molar-refractivity contribution is 5.98. The molecule has 1 atom stereocenters. The monoisotopic (exact) mass is 316 g/mol. The Hall–Kier alpha value is -2.56. The van der Waals surface area contributed by atoms with Gasteiger partial charge in [0, 0.05) is 12.5 Å². The van der Waals surface area contributed by atoms with E-state index in [0.717, 1.165) is 18.9 Å². The molecule has 0 amide bonds. The molecule has 5 heteroatoms. The van der Waals surface area contributed by atoms with Gasteiger partial charge in [0.2, 0.25) is 0 Å². The second kappa shape index (κ2) is 7.63. The van der Waals surface area contributed by atoms with Crippen LogP contribution in [-0.2, 0) is 16.0 Å². The van der Waals surface area contributed by atoms with Crippen molar-refractivity contribution in [1.82, 2.24) is 0 Å². The zero-order chi connectivity index (χ0) is 16.8. The fourth-order valence-corrected chi connectivity index (χ4v) is 2.45. The van der Waals surface area contributed by atoms with Crippen LogP contribution in [0.25, 0.3) is 0 Å². The zero-order valence-electron chi connectivity index (χ0n) is 13.0. The van der Waals surface area contributed by atoms with E-state index in [1.807, 2.05) is 6.08 Å². The quantitative estimate of drug-likeness (QED) is 0.719. The largest absolute Gasteiger partial charge is 0.508 e. The summed E-state index contributed by atoms with van der Waals surface area (Å²) in [4.78, 5) is 24.3. The predicted octanol–water partition coefficient (Wildman–Crippen LogP) is 3.05. The van der Waals surface area contributed by atoms with Crippen molar-refractivity contribution in [2.45, 2.75) is 38.7 Å². The van der Waals surface area contributed by atoms with Crippen molar-refractivity contribution >= 4 is 11.8 Å². The molecule has 0 spiro atoms. The number of aromatic hydroxyl groups is 2. The van der Waals surface area contributed by atoms with Crippen LogP contribution in [0.2, 0.25) is 0 Å². The lowest BCUT2D eigenvalue weighted by Gasteiger charge is -2.16. The Bertz CT molecular complexity index is 658. The molecule has 5 nitrogen and oxygen atoms in total. The fourth-order valence-electron chi connectivity index (χ4n) is 2.45. The van der Waals surface area contributed by atoms with Crippen LogP contribution in [0.1, 0.15) is 42.1 Å². The smallest absolute Gasteiger partial charge is 0.342 e. The average Bonchev–Trinajstić information content (AvgIpc) is 2.44. The summed E-state index contributed by atoms with van der Waals surface area (Å²) in [7, 11) is 0. The van der Waals surface area contributed by atoms with Gasteiger partial charge in [-0.25, -0.2) is 4.79 Å². The minimum absolute atomic E-state index is 0.0657. The SMILES string of the molecule is CC1CCC/C=C\C=C\C(=O)Cc2cc(O)cc(O)c2C(=O)O1. The number of rotatable bonds is 0. The number of hydrogen-bond donors (Lipinski definition) is 2. The summed E-state index contributed by atoms with van der Waals surface area (Å²) in [6.45, 7) is 1.79. The molecule has 2 N–H and O–H groups in total. The number of ketones is 1. The zero-order valence-corrected chi connectivity index (χ0v) is 13.0. The van der Waals surface area contributed by atoms with E-state index in [0.29, 0.717) is 6.42 Å². The van der Waals surface area contributed by atoms with Crippen molar-refractivity contribution in [2.75, 3.05) is 0 Å². The molecule has 1 aromatic carbocycles. The molecule has 2 rings (SSSR count). The van der Waals surface area contributed by atoms with E-state index in [1.54, 1.807) is 19.1 Å². The Kier molecular flexibility index (Phi) is 5.57. The molecule has 0 saturated heterocycles. The molecule has 1 unspecified atom stereocenters. The summed E-state index contributed by atoms with van der Waals surface area (Å²) in [5.74, 6) is -1.52. The number of phenols is 2. The van der Waals surface area contributed by atoms with E-state index in [9.17, 15) is 19.8 Å². The lowest BCUT2D eigenvalue weighted by Crippen LogP contribution is -2.17. The van der Waals surface area contributed by atoms with Crippen LogP contribution in [0.5, 0.6) is 11.5 Å². The van der Waals surface area contributed by atoms with Crippen LogP contribution in [0.4, 0.5) is 0 Å². The van der Waals surface area contributed by atoms with Gasteiger partial charge >= 0.3 is 5.97 Å². The minimum Gasteiger partial charge on any atom is -0.508 e. The van der Waals surface area contributed by atoms with E-state index in [1.165, 1.54) is 12.1 Å². The molecule has 0 bridgehead atoms. The number of allylic oxidation sites excluding steroid dienone is 4. The number of esters is 1. The summed E-state index contributed by atoms with van der Waals surface area (Å²) in [5.41, 5.74) is 0.180. The summed E-state index contributed by atoms with van der Waals surface area (Å²) < 4.78 is 5.34. The molecule has 122 valence electrons. The number of carbonyl (C=O) groups excluding carboxylic acids is 2. The van der Waals surface area contributed by atoms with Gasteiger partial charge < -0.3 is 14.9 Å². The molecule has 23 heavy (non-hydrogen) atoms. The maximum atomic E-state index is 12.3. The van der Waals surface area contributed by atoms with Gasteiger partial charge in [0.05, 0.1) is 6.10 Å². The summed E-state index contributed by atoms with van der Waals surface area (Å²) in [6.07, 6.45) is 8.79. The average molecular weight is 316 g/mol. The third-order valence-electron chi connectivity index (χ3n) is 3.57. The lowest BCUT2D eigenvalue weighted by atomic mass is 10.00. The van der Waals surface area contributed by atoms with Gasteiger partial charge in [-0.15, -0.1) is 0 Å². The van der Waals surface area contributed by atoms with E-state index >= 15 is 0 Å². The molecule has 0 aromatic heterocycles. The molecule has 1 aromatic rings. The van der Waals surface area contributed by atoms with Gasteiger partial charge in [-0.05, 0) is 43.9 Å². The first-order valence-corrected chi connectivity index (χ1v) is 7.59. The highest BCUT2D eigenvalue weighted by Gasteiger charge is 2.22. The van der Waals surface area contributed by atoms with Crippen LogP contribution >= 0.6 is 0 Å². The first-order chi connectivity index (χ1) is 11.0. The van der Waals surface area contributed by atoms with Crippen LogP contribution in [0, 0.1) is 0 Å². The van der Waals surface area contributed by atoms with Crippen molar-refractivity contribution in [3.63, 3.8) is 0 Å². The maximum Gasteiger partial charge on any atom is 0.342 e. The van der Waals surface area contributed by atoms with Gasteiger partial charge in [-0.3, -0.25) is 4.79 Å². The number of fused-ring (bicyclic) bond motifs is 1. The molecule has 1 aliphatic heterocycles. The summed E-state index contributed by atoms with van der Waals surface area (Å²) in [6, 6.07) is 2.37. The van der Waals surface area contributed by atoms with Crippen molar-refractivity contribution in [1.29, 1.82) is 0 Å². The second-order valence-corrected chi connectivity index (χ2v) is 5.58. The van der Waals surface area contributed by atoms with Gasteiger partial charge in [0.25, 0.3) is 0 Å². The predicted molar refractivity (Wildman–Crippen MR) is 85.5 cm³/mol.